The summed E-state index contributed by atoms with van der Waals surface area (Å²) in [5.74, 6) is 0. The maximum Gasteiger partial charge on any atom is 0.0892 e. The zero-order valence-electron chi connectivity index (χ0n) is 8.37. The second-order valence-electron chi connectivity index (χ2n) is 3.41. The average molecular weight is 219 g/mol. The first kappa shape index (κ1) is 9.99. The summed E-state index contributed by atoms with van der Waals surface area (Å²) in [7, 11) is 0. The quantitative estimate of drug-likeness (QED) is 0.798. The number of aromatic nitrogens is 1. The van der Waals surface area contributed by atoms with E-state index in [1.54, 1.807) is 12.3 Å². The van der Waals surface area contributed by atoms with E-state index in [4.69, 9.17) is 17.3 Å². The Hall–Kier alpha value is -1.54. The van der Waals surface area contributed by atoms with Gasteiger partial charge in [0.15, 0.2) is 0 Å². The van der Waals surface area contributed by atoms with Gasteiger partial charge in [0.05, 0.1) is 22.6 Å². The molecule has 0 fully saturated rings. The van der Waals surface area contributed by atoms with Crippen LogP contribution in [0.5, 0.6) is 0 Å². The van der Waals surface area contributed by atoms with Gasteiger partial charge in [0.1, 0.15) is 0 Å². The van der Waals surface area contributed by atoms with E-state index >= 15 is 0 Å². The van der Waals surface area contributed by atoms with Crippen LogP contribution in [-0.2, 0) is 0 Å². The molecule has 3 heteroatoms. The van der Waals surface area contributed by atoms with Crippen molar-refractivity contribution in [2.45, 2.75) is 6.92 Å². The standard InChI is InChI=1S/C12H11ClN2/c1-8-4-2-3-5-10(8)12-11(13)6-9(14)7-15-12/h2-7H,14H2,1H3. The molecule has 0 aliphatic heterocycles. The number of nitrogens with zero attached hydrogens (tertiary/aromatic N) is 1. The van der Waals surface area contributed by atoms with Gasteiger partial charge in [0.2, 0.25) is 0 Å². The lowest BCUT2D eigenvalue weighted by molar-refractivity contribution is 1.31. The molecule has 0 bridgehead atoms. The zero-order chi connectivity index (χ0) is 10.8. The molecule has 0 amide bonds. The van der Waals surface area contributed by atoms with E-state index < -0.39 is 0 Å². The second-order valence-corrected chi connectivity index (χ2v) is 3.82. The summed E-state index contributed by atoms with van der Waals surface area (Å²) in [4.78, 5) is 4.25. The van der Waals surface area contributed by atoms with Gasteiger partial charge in [-0.1, -0.05) is 35.9 Å². The second kappa shape index (κ2) is 3.91. The molecule has 1 aromatic heterocycles. The molecule has 1 aromatic carbocycles. The first-order chi connectivity index (χ1) is 7.18. The highest BCUT2D eigenvalue weighted by Gasteiger charge is 2.07. The van der Waals surface area contributed by atoms with Gasteiger partial charge in [-0.2, -0.15) is 0 Å². The van der Waals surface area contributed by atoms with Crippen molar-refractivity contribution in [3.8, 4) is 11.3 Å². The molecule has 2 rings (SSSR count). The average Bonchev–Trinajstić information content (AvgIpc) is 2.20. The predicted molar refractivity (Wildman–Crippen MR) is 63.8 cm³/mol. The maximum atomic E-state index is 6.09. The van der Waals surface area contributed by atoms with Crippen molar-refractivity contribution in [3.05, 3.63) is 47.1 Å². The third-order valence-electron chi connectivity index (χ3n) is 2.26. The topological polar surface area (TPSA) is 38.9 Å². The van der Waals surface area contributed by atoms with Crippen molar-refractivity contribution < 1.29 is 0 Å². The third kappa shape index (κ3) is 1.95. The summed E-state index contributed by atoms with van der Waals surface area (Å²) in [6.07, 6.45) is 1.62. The van der Waals surface area contributed by atoms with E-state index in [1.807, 2.05) is 31.2 Å². The Morgan fingerprint density at radius 3 is 2.67 bits per heavy atom. The molecule has 0 saturated heterocycles. The molecule has 2 aromatic rings. The van der Waals surface area contributed by atoms with Crippen LogP contribution in [0.4, 0.5) is 5.69 Å². The first-order valence-electron chi connectivity index (χ1n) is 4.65. The third-order valence-corrected chi connectivity index (χ3v) is 2.55. The molecule has 0 saturated carbocycles. The smallest absolute Gasteiger partial charge is 0.0892 e. The molecule has 76 valence electrons. The number of anilines is 1. The summed E-state index contributed by atoms with van der Waals surface area (Å²) in [6, 6.07) is 9.71. The molecule has 2 nitrogen and oxygen atoms in total. The van der Waals surface area contributed by atoms with Gasteiger partial charge < -0.3 is 5.73 Å². The normalized spacial score (nSPS) is 10.3. The van der Waals surface area contributed by atoms with Crippen LogP contribution in [0.25, 0.3) is 11.3 Å². The molecule has 15 heavy (non-hydrogen) atoms. The fourth-order valence-corrected chi connectivity index (χ4v) is 1.77. The number of aryl methyl sites for hydroxylation is 1. The van der Waals surface area contributed by atoms with Gasteiger partial charge in [-0.15, -0.1) is 0 Å². The Morgan fingerprint density at radius 1 is 1.27 bits per heavy atom. The van der Waals surface area contributed by atoms with Gasteiger partial charge in [0, 0.05) is 5.56 Å². The van der Waals surface area contributed by atoms with E-state index in [2.05, 4.69) is 4.98 Å². The lowest BCUT2D eigenvalue weighted by Crippen LogP contribution is -1.91. The number of nitrogen functional groups attached to an aromatic ring is 1. The van der Waals surface area contributed by atoms with E-state index in [9.17, 15) is 0 Å². The minimum Gasteiger partial charge on any atom is -0.397 e. The van der Waals surface area contributed by atoms with Crippen LogP contribution in [-0.4, -0.2) is 4.98 Å². The summed E-state index contributed by atoms with van der Waals surface area (Å²) in [5.41, 5.74) is 9.15. The van der Waals surface area contributed by atoms with Gasteiger partial charge in [-0.25, -0.2) is 0 Å². The van der Waals surface area contributed by atoms with Crippen molar-refractivity contribution in [2.75, 3.05) is 5.73 Å². The highest BCUT2D eigenvalue weighted by Crippen LogP contribution is 2.28. The Balaban J connectivity index is 2.60. The zero-order valence-corrected chi connectivity index (χ0v) is 9.12. The van der Waals surface area contributed by atoms with Crippen LogP contribution in [0.15, 0.2) is 36.5 Å². The first-order valence-corrected chi connectivity index (χ1v) is 5.03. The van der Waals surface area contributed by atoms with Crippen LogP contribution in [0, 0.1) is 6.92 Å². The number of hydrogen-bond donors (Lipinski definition) is 1. The van der Waals surface area contributed by atoms with Gasteiger partial charge in [0.25, 0.3) is 0 Å². The Kier molecular flexibility index (Phi) is 2.60. The van der Waals surface area contributed by atoms with Gasteiger partial charge in [-0.3, -0.25) is 4.98 Å². The van der Waals surface area contributed by atoms with Crippen LogP contribution >= 0.6 is 11.6 Å². The number of nitrogens with two attached hydrogens (primary N) is 1. The number of benzene rings is 1. The van der Waals surface area contributed by atoms with Crippen LogP contribution in [0.3, 0.4) is 0 Å². The van der Waals surface area contributed by atoms with Crippen LogP contribution in [0.2, 0.25) is 5.02 Å². The summed E-state index contributed by atoms with van der Waals surface area (Å²) in [6.45, 7) is 2.03. The fourth-order valence-electron chi connectivity index (χ4n) is 1.49. The predicted octanol–water partition coefficient (Wildman–Crippen LogP) is 3.29. The van der Waals surface area contributed by atoms with E-state index in [0.29, 0.717) is 10.7 Å². The Morgan fingerprint density at radius 2 is 2.00 bits per heavy atom. The Bertz CT molecular complexity index is 495. The Labute approximate surface area is 93.7 Å². The SMILES string of the molecule is Cc1ccccc1-c1ncc(N)cc1Cl. The minimum atomic E-state index is 0.581. The molecular formula is C12H11ClN2. The number of rotatable bonds is 1. The van der Waals surface area contributed by atoms with Gasteiger partial charge in [-0.05, 0) is 18.6 Å². The molecule has 0 radical (unpaired) electrons. The summed E-state index contributed by atoms with van der Waals surface area (Å²) >= 11 is 6.09. The van der Waals surface area contributed by atoms with Crippen molar-refractivity contribution in [3.63, 3.8) is 0 Å². The van der Waals surface area contributed by atoms with E-state index in [-0.39, 0.29) is 0 Å². The highest BCUT2D eigenvalue weighted by molar-refractivity contribution is 6.33. The number of pyridine rings is 1. The molecule has 0 spiro atoms. The lowest BCUT2D eigenvalue weighted by atomic mass is 10.1. The number of halogens is 1. The summed E-state index contributed by atoms with van der Waals surface area (Å²) < 4.78 is 0. The molecule has 1 heterocycles. The largest absolute Gasteiger partial charge is 0.397 e. The van der Waals surface area contributed by atoms with Crippen molar-refractivity contribution in [1.82, 2.24) is 4.98 Å². The molecular weight excluding hydrogens is 208 g/mol. The maximum absolute atomic E-state index is 6.09. The van der Waals surface area contributed by atoms with Crippen molar-refractivity contribution in [2.24, 2.45) is 0 Å². The molecule has 2 N–H and O–H groups in total. The van der Waals surface area contributed by atoms with E-state index in [1.165, 1.54) is 0 Å². The highest BCUT2D eigenvalue weighted by atomic mass is 35.5. The summed E-state index contributed by atoms with van der Waals surface area (Å²) in [5, 5.41) is 0.587. The van der Waals surface area contributed by atoms with Crippen molar-refractivity contribution in [1.29, 1.82) is 0 Å². The van der Waals surface area contributed by atoms with E-state index in [0.717, 1.165) is 16.8 Å². The van der Waals surface area contributed by atoms with Crippen LogP contribution in [0.1, 0.15) is 5.56 Å². The minimum absolute atomic E-state index is 0.581. The fraction of sp³-hybridized carbons (Fsp3) is 0.0833. The van der Waals surface area contributed by atoms with Crippen LogP contribution < -0.4 is 5.73 Å². The number of hydrogen-bond acceptors (Lipinski definition) is 2. The van der Waals surface area contributed by atoms with Crippen molar-refractivity contribution >= 4 is 17.3 Å². The molecule has 0 unspecified atom stereocenters. The van der Waals surface area contributed by atoms with Gasteiger partial charge >= 0.3 is 0 Å². The monoisotopic (exact) mass is 218 g/mol. The molecule has 0 aliphatic carbocycles. The molecule has 0 atom stereocenters. The lowest BCUT2D eigenvalue weighted by Gasteiger charge is -2.07. The molecule has 0 aliphatic rings.